The number of fused-ring (bicyclic) bond motifs is 1. The molecule has 0 saturated heterocycles. The third kappa shape index (κ3) is 3.60. The van der Waals surface area contributed by atoms with Gasteiger partial charge in [0.1, 0.15) is 0 Å². The van der Waals surface area contributed by atoms with Crippen molar-refractivity contribution in [2.75, 3.05) is 19.8 Å². The average molecular weight is 316 g/mol. The van der Waals surface area contributed by atoms with Crippen molar-refractivity contribution in [3.05, 3.63) is 22.2 Å². The fourth-order valence-electron chi connectivity index (χ4n) is 1.81. The average Bonchev–Trinajstić information content (AvgIpc) is 2.54. The number of hydrogen-bond donors (Lipinski definition) is 2. The first kappa shape index (κ1) is 13.6. The molecule has 4 nitrogen and oxygen atoms in total. The second-order valence-corrected chi connectivity index (χ2v) is 5.29. The van der Waals surface area contributed by atoms with E-state index < -0.39 is 0 Å². The molecule has 2 N–H and O–H groups in total. The van der Waals surface area contributed by atoms with Crippen molar-refractivity contribution in [3.63, 3.8) is 0 Å². The zero-order valence-corrected chi connectivity index (χ0v) is 12.0. The molecule has 0 aromatic heterocycles. The highest BCUT2D eigenvalue weighted by atomic mass is 79.9. The summed E-state index contributed by atoms with van der Waals surface area (Å²) in [5.41, 5.74) is 1.10. The van der Waals surface area contributed by atoms with Crippen LogP contribution in [0.4, 0.5) is 0 Å². The van der Waals surface area contributed by atoms with Gasteiger partial charge in [-0.1, -0.05) is 0 Å². The van der Waals surface area contributed by atoms with Gasteiger partial charge in [-0.25, -0.2) is 0 Å². The lowest BCUT2D eigenvalue weighted by Gasteiger charge is -2.12. The van der Waals surface area contributed by atoms with Gasteiger partial charge in [0.05, 0.1) is 23.8 Å². The Kier molecular flexibility index (Phi) is 4.86. The van der Waals surface area contributed by atoms with Crippen LogP contribution in [0.5, 0.6) is 11.5 Å². The van der Waals surface area contributed by atoms with Crippen LogP contribution < -0.4 is 14.8 Å². The zero-order valence-electron chi connectivity index (χ0n) is 10.4. The summed E-state index contributed by atoms with van der Waals surface area (Å²) in [6.45, 7) is 4.40. The van der Waals surface area contributed by atoms with E-state index in [9.17, 15) is 5.11 Å². The maximum atomic E-state index is 9.20. The number of aliphatic hydroxyl groups is 1. The van der Waals surface area contributed by atoms with Crippen LogP contribution in [0, 0.1) is 0 Å². The summed E-state index contributed by atoms with van der Waals surface area (Å²) < 4.78 is 12.2. The molecule has 0 fully saturated rings. The monoisotopic (exact) mass is 315 g/mol. The number of nitrogens with one attached hydrogen (secondary N) is 1. The summed E-state index contributed by atoms with van der Waals surface area (Å²) >= 11 is 3.51. The Balaban J connectivity index is 2.08. The molecule has 1 heterocycles. The minimum absolute atomic E-state index is 0.339. The van der Waals surface area contributed by atoms with E-state index in [1.165, 1.54) is 0 Å². The van der Waals surface area contributed by atoms with Gasteiger partial charge in [-0.05, 0) is 40.5 Å². The van der Waals surface area contributed by atoms with Gasteiger partial charge >= 0.3 is 0 Å². The van der Waals surface area contributed by atoms with Gasteiger partial charge in [0.25, 0.3) is 0 Å². The zero-order chi connectivity index (χ0) is 13.0. The smallest absolute Gasteiger partial charge is 0.175 e. The molecule has 1 aliphatic heterocycles. The lowest BCUT2D eigenvalue weighted by Crippen LogP contribution is -2.23. The van der Waals surface area contributed by atoms with Gasteiger partial charge in [0.15, 0.2) is 11.5 Å². The largest absolute Gasteiger partial charge is 0.490 e. The topological polar surface area (TPSA) is 50.7 Å². The Labute approximate surface area is 115 Å². The lowest BCUT2D eigenvalue weighted by molar-refractivity contribution is 0.191. The third-order valence-electron chi connectivity index (χ3n) is 2.63. The van der Waals surface area contributed by atoms with Crippen LogP contribution in [-0.4, -0.2) is 31.0 Å². The number of ether oxygens (including phenoxy) is 2. The van der Waals surface area contributed by atoms with Gasteiger partial charge in [-0.2, -0.15) is 0 Å². The summed E-state index contributed by atoms with van der Waals surface area (Å²) in [5.74, 6) is 1.57. The fourth-order valence-corrected chi connectivity index (χ4v) is 2.42. The van der Waals surface area contributed by atoms with E-state index >= 15 is 0 Å². The first-order valence-corrected chi connectivity index (χ1v) is 6.93. The predicted octanol–water partition coefficient (Wildman–Crippen LogP) is 2.08. The van der Waals surface area contributed by atoms with Gasteiger partial charge in [0, 0.05) is 19.5 Å². The van der Waals surface area contributed by atoms with Crippen LogP contribution in [0.15, 0.2) is 16.6 Å². The molecule has 0 spiro atoms. The molecule has 1 aromatic carbocycles. The predicted molar refractivity (Wildman–Crippen MR) is 73.1 cm³/mol. The molecule has 5 heteroatoms. The molecule has 1 aliphatic rings. The first-order valence-electron chi connectivity index (χ1n) is 6.13. The number of halogens is 1. The van der Waals surface area contributed by atoms with Crippen molar-refractivity contribution < 1.29 is 14.6 Å². The van der Waals surface area contributed by atoms with Crippen molar-refractivity contribution in [2.24, 2.45) is 0 Å². The van der Waals surface area contributed by atoms with Crippen LogP contribution in [-0.2, 0) is 6.54 Å². The van der Waals surface area contributed by atoms with Crippen molar-refractivity contribution in [1.82, 2.24) is 5.32 Å². The highest BCUT2D eigenvalue weighted by Crippen LogP contribution is 2.38. The number of aliphatic hydroxyl groups excluding tert-OH is 1. The Hall–Kier alpha value is -0.780. The molecule has 0 bridgehead atoms. The molecule has 0 saturated carbocycles. The van der Waals surface area contributed by atoms with Gasteiger partial charge in [0.2, 0.25) is 0 Å². The van der Waals surface area contributed by atoms with E-state index in [4.69, 9.17) is 9.47 Å². The van der Waals surface area contributed by atoms with Crippen LogP contribution in [0.1, 0.15) is 18.9 Å². The van der Waals surface area contributed by atoms with E-state index in [0.29, 0.717) is 26.3 Å². The molecule has 1 aromatic rings. The van der Waals surface area contributed by atoms with E-state index in [2.05, 4.69) is 21.2 Å². The van der Waals surface area contributed by atoms with Crippen molar-refractivity contribution in [3.8, 4) is 11.5 Å². The quantitative estimate of drug-likeness (QED) is 0.893. The molecule has 1 atom stereocenters. The summed E-state index contributed by atoms with van der Waals surface area (Å²) in [5, 5.41) is 12.4. The standard InChI is InChI=1S/C13H18BrNO3/c1-9(16)7-15-8-10-5-11(14)13-12(6-10)17-3-2-4-18-13/h5-6,9,15-16H,2-4,7-8H2,1H3. The van der Waals surface area contributed by atoms with Gasteiger partial charge < -0.3 is 19.9 Å². The maximum Gasteiger partial charge on any atom is 0.175 e. The number of benzene rings is 1. The maximum absolute atomic E-state index is 9.20. The van der Waals surface area contributed by atoms with Crippen molar-refractivity contribution in [2.45, 2.75) is 26.0 Å². The Bertz CT molecular complexity index is 409. The van der Waals surface area contributed by atoms with Crippen LogP contribution in [0.25, 0.3) is 0 Å². The fraction of sp³-hybridized carbons (Fsp3) is 0.538. The van der Waals surface area contributed by atoms with E-state index in [0.717, 1.165) is 28.0 Å². The summed E-state index contributed by atoms with van der Waals surface area (Å²) in [4.78, 5) is 0. The molecular weight excluding hydrogens is 298 g/mol. The minimum atomic E-state index is -0.339. The molecule has 100 valence electrons. The molecule has 2 rings (SSSR count). The SMILES string of the molecule is CC(O)CNCc1cc(Br)c2c(c1)OCCCO2. The Morgan fingerprint density at radius 1 is 1.39 bits per heavy atom. The van der Waals surface area contributed by atoms with Crippen molar-refractivity contribution >= 4 is 15.9 Å². The highest BCUT2D eigenvalue weighted by molar-refractivity contribution is 9.10. The summed E-state index contributed by atoms with van der Waals surface area (Å²) in [7, 11) is 0. The van der Waals surface area contributed by atoms with E-state index in [1.54, 1.807) is 6.92 Å². The Morgan fingerprint density at radius 2 is 2.17 bits per heavy atom. The molecular formula is C13H18BrNO3. The molecule has 0 radical (unpaired) electrons. The summed E-state index contributed by atoms with van der Waals surface area (Å²) in [6, 6.07) is 4.00. The second-order valence-electron chi connectivity index (χ2n) is 4.44. The molecule has 0 amide bonds. The molecule has 0 aliphatic carbocycles. The Morgan fingerprint density at radius 3 is 2.94 bits per heavy atom. The number of rotatable bonds is 4. The molecule has 1 unspecified atom stereocenters. The third-order valence-corrected chi connectivity index (χ3v) is 3.22. The van der Waals surface area contributed by atoms with Gasteiger partial charge in [-0.15, -0.1) is 0 Å². The second kappa shape index (κ2) is 6.41. The van der Waals surface area contributed by atoms with E-state index in [1.807, 2.05) is 12.1 Å². The minimum Gasteiger partial charge on any atom is -0.490 e. The first-order chi connectivity index (χ1) is 8.66. The van der Waals surface area contributed by atoms with Crippen LogP contribution in [0.3, 0.4) is 0 Å². The normalized spacial score (nSPS) is 16.2. The molecule has 18 heavy (non-hydrogen) atoms. The highest BCUT2D eigenvalue weighted by Gasteiger charge is 2.15. The summed E-state index contributed by atoms with van der Waals surface area (Å²) in [6.07, 6.45) is 0.561. The lowest BCUT2D eigenvalue weighted by atomic mass is 10.2. The van der Waals surface area contributed by atoms with E-state index in [-0.39, 0.29) is 6.10 Å². The van der Waals surface area contributed by atoms with Gasteiger partial charge in [-0.3, -0.25) is 0 Å². The number of hydrogen-bond acceptors (Lipinski definition) is 4. The van der Waals surface area contributed by atoms with Crippen LogP contribution in [0.2, 0.25) is 0 Å². The van der Waals surface area contributed by atoms with Crippen LogP contribution >= 0.6 is 15.9 Å². The van der Waals surface area contributed by atoms with Crippen molar-refractivity contribution in [1.29, 1.82) is 0 Å².